The van der Waals surface area contributed by atoms with E-state index in [-0.39, 0.29) is 0 Å². The lowest BCUT2D eigenvalue weighted by Crippen LogP contribution is -2.00. The fourth-order valence-corrected chi connectivity index (χ4v) is 1.41. The van der Waals surface area contributed by atoms with Crippen molar-refractivity contribution >= 4 is 5.82 Å². The van der Waals surface area contributed by atoms with Gasteiger partial charge in [0.1, 0.15) is 5.82 Å². The molecule has 0 spiro atoms. The van der Waals surface area contributed by atoms with Crippen LogP contribution in [-0.4, -0.2) is 4.98 Å². The van der Waals surface area contributed by atoms with Crippen LogP contribution in [-0.2, 0) is 6.54 Å². The Labute approximate surface area is 94.4 Å². The number of anilines is 1. The molecule has 0 radical (unpaired) electrons. The summed E-state index contributed by atoms with van der Waals surface area (Å²) in [6, 6.07) is 15.4. The van der Waals surface area contributed by atoms with Gasteiger partial charge in [0.25, 0.3) is 0 Å². The van der Waals surface area contributed by atoms with Crippen LogP contribution in [0.5, 0.6) is 0 Å². The van der Waals surface area contributed by atoms with Crippen LogP contribution in [0.25, 0.3) is 0 Å². The van der Waals surface area contributed by atoms with Gasteiger partial charge in [-0.3, -0.25) is 0 Å². The van der Waals surface area contributed by atoms with E-state index in [1.165, 1.54) is 0 Å². The second kappa shape index (κ2) is 4.94. The van der Waals surface area contributed by atoms with Gasteiger partial charge < -0.3 is 5.32 Å². The minimum Gasteiger partial charge on any atom is -0.366 e. The summed E-state index contributed by atoms with van der Waals surface area (Å²) in [5.74, 6) is 0.838. The van der Waals surface area contributed by atoms with E-state index in [1.807, 2.05) is 36.4 Å². The molecule has 1 aromatic carbocycles. The van der Waals surface area contributed by atoms with Crippen molar-refractivity contribution in [2.24, 2.45) is 0 Å². The molecule has 0 saturated carbocycles. The second-order valence-corrected chi connectivity index (χ2v) is 3.38. The van der Waals surface area contributed by atoms with Gasteiger partial charge in [0.15, 0.2) is 0 Å². The van der Waals surface area contributed by atoms with Crippen molar-refractivity contribution in [3.8, 4) is 6.07 Å². The highest BCUT2D eigenvalue weighted by molar-refractivity contribution is 5.37. The lowest BCUT2D eigenvalue weighted by atomic mass is 10.1. The molecule has 0 aliphatic heterocycles. The Balaban J connectivity index is 2.03. The molecule has 0 atom stereocenters. The predicted octanol–water partition coefficient (Wildman–Crippen LogP) is 2.57. The van der Waals surface area contributed by atoms with E-state index in [0.717, 1.165) is 11.4 Å². The van der Waals surface area contributed by atoms with Crippen molar-refractivity contribution in [2.45, 2.75) is 6.54 Å². The van der Waals surface area contributed by atoms with Crippen molar-refractivity contribution in [3.05, 3.63) is 59.8 Å². The van der Waals surface area contributed by atoms with E-state index in [1.54, 1.807) is 12.3 Å². The standard InChI is InChI=1S/C13H11N3/c14-9-11-4-3-5-12(8-11)10-16-13-6-1-2-7-15-13/h1-8H,10H2,(H,15,16). The third-order valence-electron chi connectivity index (χ3n) is 2.19. The van der Waals surface area contributed by atoms with Crippen LogP contribution >= 0.6 is 0 Å². The van der Waals surface area contributed by atoms with Crippen molar-refractivity contribution in [2.75, 3.05) is 5.32 Å². The summed E-state index contributed by atoms with van der Waals surface area (Å²) < 4.78 is 0. The van der Waals surface area contributed by atoms with Crippen LogP contribution in [0.4, 0.5) is 5.82 Å². The van der Waals surface area contributed by atoms with Crippen LogP contribution in [0, 0.1) is 11.3 Å². The summed E-state index contributed by atoms with van der Waals surface area (Å²) >= 11 is 0. The molecule has 2 rings (SSSR count). The average Bonchev–Trinajstić information content (AvgIpc) is 2.38. The van der Waals surface area contributed by atoms with E-state index in [4.69, 9.17) is 5.26 Å². The largest absolute Gasteiger partial charge is 0.366 e. The quantitative estimate of drug-likeness (QED) is 0.845. The molecule has 2 aromatic rings. The Morgan fingerprint density at radius 1 is 1.19 bits per heavy atom. The molecule has 0 unspecified atom stereocenters. The molecule has 0 aliphatic carbocycles. The fraction of sp³-hybridized carbons (Fsp3) is 0.0769. The molecule has 0 aliphatic rings. The van der Waals surface area contributed by atoms with Gasteiger partial charge in [0.2, 0.25) is 0 Å². The molecule has 3 nitrogen and oxygen atoms in total. The van der Waals surface area contributed by atoms with Gasteiger partial charge in [-0.2, -0.15) is 5.26 Å². The Morgan fingerprint density at radius 2 is 2.12 bits per heavy atom. The van der Waals surface area contributed by atoms with Crippen LogP contribution in [0.15, 0.2) is 48.7 Å². The van der Waals surface area contributed by atoms with Crippen LogP contribution < -0.4 is 5.32 Å². The zero-order chi connectivity index (χ0) is 11.2. The molecule has 16 heavy (non-hydrogen) atoms. The van der Waals surface area contributed by atoms with Crippen LogP contribution in [0.3, 0.4) is 0 Å². The second-order valence-electron chi connectivity index (χ2n) is 3.38. The number of nitrogens with one attached hydrogen (secondary N) is 1. The number of rotatable bonds is 3. The van der Waals surface area contributed by atoms with Gasteiger partial charge >= 0.3 is 0 Å². The molecule has 1 heterocycles. The number of nitriles is 1. The first-order valence-electron chi connectivity index (χ1n) is 5.02. The van der Waals surface area contributed by atoms with Crippen LogP contribution in [0.2, 0.25) is 0 Å². The van der Waals surface area contributed by atoms with E-state index >= 15 is 0 Å². The summed E-state index contributed by atoms with van der Waals surface area (Å²) in [4.78, 5) is 4.16. The lowest BCUT2D eigenvalue weighted by Gasteiger charge is -2.05. The van der Waals surface area contributed by atoms with E-state index in [9.17, 15) is 0 Å². The number of pyridine rings is 1. The van der Waals surface area contributed by atoms with Gasteiger partial charge in [-0.25, -0.2) is 4.98 Å². The Morgan fingerprint density at radius 3 is 2.88 bits per heavy atom. The topological polar surface area (TPSA) is 48.7 Å². The van der Waals surface area contributed by atoms with Gasteiger partial charge in [-0.15, -0.1) is 0 Å². The molecule has 0 bridgehead atoms. The SMILES string of the molecule is N#Cc1cccc(CNc2ccccn2)c1. The molecular formula is C13H11N3. The summed E-state index contributed by atoms with van der Waals surface area (Å²) in [5, 5.41) is 12.0. The average molecular weight is 209 g/mol. The molecule has 0 saturated heterocycles. The van der Waals surface area contributed by atoms with E-state index < -0.39 is 0 Å². The summed E-state index contributed by atoms with van der Waals surface area (Å²) in [5.41, 5.74) is 1.75. The molecule has 1 aromatic heterocycles. The minimum absolute atomic E-state index is 0.673. The molecular weight excluding hydrogens is 198 g/mol. The van der Waals surface area contributed by atoms with Crippen LogP contribution in [0.1, 0.15) is 11.1 Å². The number of hydrogen-bond acceptors (Lipinski definition) is 3. The summed E-state index contributed by atoms with van der Waals surface area (Å²) in [6.07, 6.45) is 1.74. The van der Waals surface area contributed by atoms with Crippen molar-refractivity contribution < 1.29 is 0 Å². The minimum atomic E-state index is 0.673. The number of nitrogens with zero attached hydrogens (tertiary/aromatic N) is 2. The normalized spacial score (nSPS) is 9.44. The zero-order valence-corrected chi connectivity index (χ0v) is 8.72. The third-order valence-corrected chi connectivity index (χ3v) is 2.19. The van der Waals surface area contributed by atoms with E-state index in [2.05, 4.69) is 16.4 Å². The van der Waals surface area contributed by atoms with Gasteiger partial charge in [-0.05, 0) is 29.8 Å². The number of benzene rings is 1. The molecule has 1 N–H and O–H groups in total. The molecule has 78 valence electrons. The lowest BCUT2D eigenvalue weighted by molar-refractivity contribution is 1.11. The maximum absolute atomic E-state index is 8.76. The Hall–Kier alpha value is -2.34. The number of hydrogen-bond donors (Lipinski definition) is 1. The maximum atomic E-state index is 8.76. The van der Waals surface area contributed by atoms with Crippen molar-refractivity contribution in [3.63, 3.8) is 0 Å². The third kappa shape index (κ3) is 2.58. The summed E-state index contributed by atoms with van der Waals surface area (Å²) in [7, 11) is 0. The predicted molar refractivity (Wildman–Crippen MR) is 62.7 cm³/mol. The highest BCUT2D eigenvalue weighted by atomic mass is 15.0. The zero-order valence-electron chi connectivity index (χ0n) is 8.72. The van der Waals surface area contributed by atoms with Crippen molar-refractivity contribution in [1.29, 1.82) is 5.26 Å². The smallest absolute Gasteiger partial charge is 0.126 e. The first kappa shape index (κ1) is 10.2. The highest BCUT2D eigenvalue weighted by Gasteiger charge is 1.95. The summed E-state index contributed by atoms with van der Waals surface area (Å²) in [6.45, 7) is 0.673. The van der Waals surface area contributed by atoms with Gasteiger partial charge in [0, 0.05) is 12.7 Å². The molecule has 0 fully saturated rings. The van der Waals surface area contributed by atoms with Crippen molar-refractivity contribution in [1.82, 2.24) is 4.98 Å². The monoisotopic (exact) mass is 209 g/mol. The molecule has 3 heteroatoms. The Bertz CT molecular complexity index is 500. The van der Waals surface area contributed by atoms with Gasteiger partial charge in [-0.1, -0.05) is 18.2 Å². The first-order valence-corrected chi connectivity index (χ1v) is 5.02. The molecule has 0 amide bonds. The fourth-order valence-electron chi connectivity index (χ4n) is 1.41. The van der Waals surface area contributed by atoms with E-state index in [0.29, 0.717) is 12.1 Å². The maximum Gasteiger partial charge on any atom is 0.126 e. The highest BCUT2D eigenvalue weighted by Crippen LogP contribution is 2.07. The number of aromatic nitrogens is 1. The Kier molecular flexibility index (Phi) is 3.15. The van der Waals surface area contributed by atoms with Gasteiger partial charge in [0.05, 0.1) is 11.6 Å². The first-order chi connectivity index (χ1) is 7.88.